The third-order valence-electron chi connectivity index (χ3n) is 5.41. The lowest BCUT2D eigenvalue weighted by Gasteiger charge is -2.20. The number of nitrogens with one attached hydrogen (secondary N) is 1. The number of aromatic nitrogens is 3. The van der Waals surface area contributed by atoms with Crippen LogP contribution in [0.3, 0.4) is 0 Å². The zero-order chi connectivity index (χ0) is 23.4. The third-order valence-corrected chi connectivity index (χ3v) is 5.41. The number of para-hydroxylation sites is 1. The SMILES string of the molecule is CCN(CC)c1ccc(-n2nc3cc(C)c(NC(=O)COc4ccccc4F)cc3n2)cc1. The van der Waals surface area contributed by atoms with Crippen LogP contribution in [0.2, 0.25) is 0 Å². The van der Waals surface area contributed by atoms with E-state index in [0.29, 0.717) is 11.2 Å². The Hall–Kier alpha value is -3.94. The van der Waals surface area contributed by atoms with E-state index in [9.17, 15) is 9.18 Å². The molecule has 0 fully saturated rings. The van der Waals surface area contributed by atoms with E-state index in [1.165, 1.54) is 12.1 Å². The van der Waals surface area contributed by atoms with Crippen molar-refractivity contribution < 1.29 is 13.9 Å². The minimum Gasteiger partial charge on any atom is -0.481 e. The van der Waals surface area contributed by atoms with E-state index in [2.05, 4.69) is 46.4 Å². The average Bonchev–Trinajstić information content (AvgIpc) is 3.22. The lowest BCUT2D eigenvalue weighted by molar-refractivity contribution is -0.118. The minimum atomic E-state index is -0.510. The number of benzene rings is 3. The van der Waals surface area contributed by atoms with Gasteiger partial charge < -0.3 is 15.0 Å². The number of fused-ring (bicyclic) bond motifs is 1. The quantitative estimate of drug-likeness (QED) is 0.423. The molecule has 0 aliphatic carbocycles. The molecule has 170 valence electrons. The number of nitrogens with zero attached hydrogens (tertiary/aromatic N) is 4. The van der Waals surface area contributed by atoms with E-state index < -0.39 is 5.82 Å². The summed E-state index contributed by atoms with van der Waals surface area (Å²) < 4.78 is 18.9. The van der Waals surface area contributed by atoms with Gasteiger partial charge in [0.2, 0.25) is 0 Å². The third kappa shape index (κ3) is 4.95. The highest BCUT2D eigenvalue weighted by atomic mass is 19.1. The Labute approximate surface area is 191 Å². The molecule has 0 aliphatic rings. The second-order valence-corrected chi connectivity index (χ2v) is 7.60. The predicted octanol–water partition coefficient (Wildman–Crippen LogP) is 4.73. The van der Waals surface area contributed by atoms with Gasteiger partial charge in [0.15, 0.2) is 18.2 Å². The summed E-state index contributed by atoms with van der Waals surface area (Å²) in [7, 11) is 0. The molecule has 3 aromatic carbocycles. The van der Waals surface area contributed by atoms with Gasteiger partial charge in [-0.05, 0) is 74.9 Å². The molecule has 0 saturated carbocycles. The molecule has 33 heavy (non-hydrogen) atoms. The van der Waals surface area contributed by atoms with Crippen LogP contribution in [0.4, 0.5) is 15.8 Å². The molecule has 1 aromatic heterocycles. The van der Waals surface area contributed by atoms with E-state index in [-0.39, 0.29) is 18.3 Å². The number of hydrogen-bond acceptors (Lipinski definition) is 5. The standard InChI is InChI=1S/C25H26FN5O2/c1-4-30(5-2)18-10-12-19(13-11-18)31-28-22-14-17(3)21(15-23(22)29-31)27-25(32)16-33-24-9-7-6-8-20(24)26/h6-15H,4-5,16H2,1-3H3,(H,27,32). The van der Waals surface area contributed by atoms with Crippen molar-refractivity contribution in [3.63, 3.8) is 0 Å². The van der Waals surface area contributed by atoms with E-state index in [1.54, 1.807) is 23.0 Å². The Balaban J connectivity index is 1.49. The molecule has 0 radical (unpaired) electrons. The lowest BCUT2D eigenvalue weighted by atomic mass is 10.1. The molecule has 1 heterocycles. The molecule has 0 saturated heterocycles. The first kappa shape index (κ1) is 22.3. The molecule has 8 heteroatoms. The Kier molecular flexibility index (Phi) is 6.53. The van der Waals surface area contributed by atoms with Gasteiger partial charge in [0.25, 0.3) is 5.91 Å². The largest absolute Gasteiger partial charge is 0.481 e. The number of amides is 1. The fourth-order valence-corrected chi connectivity index (χ4v) is 3.59. The van der Waals surface area contributed by atoms with Crippen LogP contribution in [0.25, 0.3) is 16.7 Å². The molecule has 0 bridgehead atoms. The summed E-state index contributed by atoms with van der Waals surface area (Å²) in [4.78, 5) is 16.2. The molecular weight excluding hydrogens is 421 g/mol. The van der Waals surface area contributed by atoms with Crippen LogP contribution in [0.5, 0.6) is 5.75 Å². The maximum Gasteiger partial charge on any atom is 0.262 e. The first-order valence-electron chi connectivity index (χ1n) is 10.9. The number of ether oxygens (including phenoxy) is 1. The first-order chi connectivity index (χ1) is 16.0. The van der Waals surface area contributed by atoms with Gasteiger partial charge in [0, 0.05) is 24.5 Å². The highest BCUT2D eigenvalue weighted by Crippen LogP contribution is 2.23. The normalized spacial score (nSPS) is 10.9. The maximum absolute atomic E-state index is 13.7. The summed E-state index contributed by atoms with van der Waals surface area (Å²) in [5.41, 5.74) is 4.82. The van der Waals surface area contributed by atoms with E-state index in [1.807, 2.05) is 25.1 Å². The van der Waals surface area contributed by atoms with Crippen LogP contribution < -0.4 is 15.0 Å². The van der Waals surface area contributed by atoms with Gasteiger partial charge in [-0.1, -0.05) is 12.1 Å². The number of hydrogen-bond donors (Lipinski definition) is 1. The smallest absolute Gasteiger partial charge is 0.262 e. The zero-order valence-electron chi connectivity index (χ0n) is 18.9. The maximum atomic E-state index is 13.7. The van der Waals surface area contributed by atoms with Crippen LogP contribution in [0, 0.1) is 12.7 Å². The van der Waals surface area contributed by atoms with Gasteiger partial charge in [-0.25, -0.2) is 4.39 Å². The molecular formula is C25H26FN5O2. The van der Waals surface area contributed by atoms with Gasteiger partial charge in [-0.2, -0.15) is 4.80 Å². The summed E-state index contributed by atoms with van der Waals surface area (Å²) >= 11 is 0. The van der Waals surface area contributed by atoms with E-state index in [4.69, 9.17) is 4.74 Å². The van der Waals surface area contributed by atoms with Crippen LogP contribution in [0.15, 0.2) is 60.7 Å². The van der Waals surface area contributed by atoms with Gasteiger partial charge in [0.05, 0.1) is 5.69 Å². The number of rotatable bonds is 8. The highest BCUT2D eigenvalue weighted by Gasteiger charge is 2.12. The molecule has 0 aliphatic heterocycles. The van der Waals surface area contributed by atoms with Gasteiger partial charge in [-0.3, -0.25) is 4.79 Å². The average molecular weight is 448 g/mol. The predicted molar refractivity (Wildman–Crippen MR) is 128 cm³/mol. The van der Waals surface area contributed by atoms with Crippen molar-refractivity contribution in [3.05, 3.63) is 72.0 Å². The van der Waals surface area contributed by atoms with Crippen molar-refractivity contribution >= 4 is 28.3 Å². The molecule has 4 rings (SSSR count). The number of carbonyl (C=O) groups excluding carboxylic acids is 1. The number of anilines is 2. The highest BCUT2D eigenvalue weighted by molar-refractivity contribution is 5.95. The summed E-state index contributed by atoms with van der Waals surface area (Å²) in [6.45, 7) is 7.72. The van der Waals surface area contributed by atoms with Crippen LogP contribution in [-0.4, -0.2) is 40.6 Å². The van der Waals surface area contributed by atoms with Crippen molar-refractivity contribution in [2.75, 3.05) is 29.9 Å². The Bertz CT molecular complexity index is 1270. The molecule has 1 N–H and O–H groups in total. The molecule has 0 spiro atoms. The fraction of sp³-hybridized carbons (Fsp3) is 0.240. The summed E-state index contributed by atoms with van der Waals surface area (Å²) in [5.74, 6) is -0.862. The molecule has 4 aromatic rings. The van der Waals surface area contributed by atoms with Crippen molar-refractivity contribution in [1.82, 2.24) is 15.0 Å². The van der Waals surface area contributed by atoms with E-state index >= 15 is 0 Å². The molecule has 1 amide bonds. The van der Waals surface area contributed by atoms with Gasteiger partial charge >= 0.3 is 0 Å². The number of aryl methyl sites for hydroxylation is 1. The zero-order valence-corrected chi connectivity index (χ0v) is 18.9. The van der Waals surface area contributed by atoms with E-state index in [0.717, 1.165) is 35.5 Å². The number of halogens is 1. The van der Waals surface area contributed by atoms with Crippen LogP contribution in [-0.2, 0) is 4.79 Å². The van der Waals surface area contributed by atoms with Gasteiger partial charge in [-0.15, -0.1) is 10.2 Å². The molecule has 7 nitrogen and oxygen atoms in total. The van der Waals surface area contributed by atoms with Crippen molar-refractivity contribution in [2.45, 2.75) is 20.8 Å². The molecule has 0 atom stereocenters. The Morgan fingerprint density at radius 1 is 1.03 bits per heavy atom. The summed E-state index contributed by atoms with van der Waals surface area (Å²) in [6, 6.07) is 17.7. The monoisotopic (exact) mass is 447 g/mol. The fourth-order valence-electron chi connectivity index (χ4n) is 3.59. The second kappa shape index (κ2) is 9.68. The minimum absolute atomic E-state index is 0.0368. The first-order valence-corrected chi connectivity index (χ1v) is 10.9. The summed E-state index contributed by atoms with van der Waals surface area (Å²) in [6.07, 6.45) is 0. The lowest BCUT2D eigenvalue weighted by Crippen LogP contribution is -2.21. The Morgan fingerprint density at radius 2 is 1.70 bits per heavy atom. The second-order valence-electron chi connectivity index (χ2n) is 7.60. The van der Waals surface area contributed by atoms with Crippen molar-refractivity contribution in [1.29, 1.82) is 0 Å². The van der Waals surface area contributed by atoms with Crippen LogP contribution >= 0.6 is 0 Å². The Morgan fingerprint density at radius 3 is 2.36 bits per heavy atom. The van der Waals surface area contributed by atoms with Crippen molar-refractivity contribution in [2.24, 2.45) is 0 Å². The van der Waals surface area contributed by atoms with Gasteiger partial charge in [0.1, 0.15) is 11.0 Å². The van der Waals surface area contributed by atoms with Crippen molar-refractivity contribution in [3.8, 4) is 11.4 Å². The molecule has 0 unspecified atom stereocenters. The van der Waals surface area contributed by atoms with Crippen LogP contribution in [0.1, 0.15) is 19.4 Å². The topological polar surface area (TPSA) is 72.3 Å². The summed E-state index contributed by atoms with van der Waals surface area (Å²) in [5, 5.41) is 12.0. The number of carbonyl (C=O) groups is 1.